The van der Waals surface area contributed by atoms with E-state index in [-0.39, 0.29) is 5.91 Å². The van der Waals surface area contributed by atoms with Crippen molar-refractivity contribution in [2.24, 2.45) is 0 Å². The van der Waals surface area contributed by atoms with E-state index < -0.39 is 21.7 Å². The lowest BCUT2D eigenvalue weighted by Gasteiger charge is -2.38. The summed E-state index contributed by atoms with van der Waals surface area (Å²) in [6.07, 6.45) is 5.31. The standard InChI is InChI=1S/C20H23N3O4S/c24-19(22-16-5-4-12-21-15-16)18-8-9-20(27-18)10-13-23(14-11-20)28(25,26)17-6-2-1-3-7-17/h1-7,12,15,18H,8-11,13-14H2,(H,22,24)/t18-/m0/s1. The van der Waals surface area contributed by atoms with Crippen LogP contribution in [0.4, 0.5) is 5.69 Å². The highest BCUT2D eigenvalue weighted by Crippen LogP contribution is 2.40. The van der Waals surface area contributed by atoms with Gasteiger partial charge in [0, 0.05) is 19.3 Å². The fraction of sp³-hybridized carbons (Fsp3) is 0.400. The summed E-state index contributed by atoms with van der Waals surface area (Å²) < 4.78 is 33.2. The number of hydrogen-bond acceptors (Lipinski definition) is 5. The highest BCUT2D eigenvalue weighted by Gasteiger charge is 2.46. The SMILES string of the molecule is O=C(Nc1cccnc1)[C@@H]1CCC2(CCN(S(=O)(=O)c3ccccc3)CC2)O1. The molecule has 28 heavy (non-hydrogen) atoms. The number of carbonyl (C=O) groups excluding carboxylic acids is 1. The lowest BCUT2D eigenvalue weighted by atomic mass is 9.89. The first-order valence-electron chi connectivity index (χ1n) is 9.43. The molecule has 0 unspecified atom stereocenters. The molecule has 2 aliphatic rings. The first-order valence-corrected chi connectivity index (χ1v) is 10.9. The van der Waals surface area contributed by atoms with Crippen molar-refractivity contribution in [3.8, 4) is 0 Å². The molecule has 7 nitrogen and oxygen atoms in total. The van der Waals surface area contributed by atoms with Crippen LogP contribution in [0.25, 0.3) is 0 Å². The number of nitrogens with one attached hydrogen (secondary N) is 1. The highest BCUT2D eigenvalue weighted by molar-refractivity contribution is 7.89. The molecule has 1 amide bonds. The number of rotatable bonds is 4. The van der Waals surface area contributed by atoms with Gasteiger partial charge >= 0.3 is 0 Å². The van der Waals surface area contributed by atoms with Gasteiger partial charge in [0.05, 0.1) is 22.4 Å². The molecule has 3 heterocycles. The Balaban J connectivity index is 1.37. The summed E-state index contributed by atoms with van der Waals surface area (Å²) in [4.78, 5) is 16.8. The summed E-state index contributed by atoms with van der Waals surface area (Å²) in [6, 6.07) is 12.0. The number of nitrogens with zero attached hydrogens (tertiary/aromatic N) is 2. The van der Waals surface area contributed by atoms with Gasteiger partial charge < -0.3 is 10.1 Å². The van der Waals surface area contributed by atoms with Crippen LogP contribution in [0.15, 0.2) is 59.8 Å². The Morgan fingerprint density at radius 1 is 1.11 bits per heavy atom. The number of hydrogen-bond donors (Lipinski definition) is 1. The number of carbonyl (C=O) groups is 1. The van der Waals surface area contributed by atoms with E-state index in [1.807, 2.05) is 0 Å². The van der Waals surface area contributed by atoms with Crippen LogP contribution >= 0.6 is 0 Å². The third-order valence-electron chi connectivity index (χ3n) is 5.49. The molecule has 0 aliphatic carbocycles. The van der Waals surface area contributed by atoms with Crippen molar-refractivity contribution in [2.45, 2.75) is 42.3 Å². The first kappa shape index (κ1) is 19.0. The van der Waals surface area contributed by atoms with Crippen molar-refractivity contribution < 1.29 is 17.9 Å². The molecular formula is C20H23N3O4S. The second-order valence-corrected chi connectivity index (χ2v) is 9.21. The smallest absolute Gasteiger partial charge is 0.253 e. The third-order valence-corrected chi connectivity index (χ3v) is 7.40. The molecule has 0 saturated carbocycles. The summed E-state index contributed by atoms with van der Waals surface area (Å²) in [6.45, 7) is 0.794. The molecule has 8 heteroatoms. The molecule has 2 aliphatic heterocycles. The van der Waals surface area contributed by atoms with Crippen molar-refractivity contribution in [3.05, 3.63) is 54.9 Å². The van der Waals surface area contributed by atoms with E-state index in [1.54, 1.807) is 54.9 Å². The Morgan fingerprint density at radius 2 is 1.86 bits per heavy atom. The van der Waals surface area contributed by atoms with Crippen LogP contribution in [0.1, 0.15) is 25.7 Å². The minimum atomic E-state index is -3.49. The number of anilines is 1. The van der Waals surface area contributed by atoms with Crippen molar-refractivity contribution in [3.63, 3.8) is 0 Å². The third kappa shape index (κ3) is 3.80. The van der Waals surface area contributed by atoms with E-state index in [0.717, 1.165) is 6.42 Å². The Kier molecular flexibility index (Phi) is 5.18. The minimum absolute atomic E-state index is 0.177. The number of piperidine rings is 1. The number of pyridine rings is 1. The molecule has 1 N–H and O–H groups in total. The topological polar surface area (TPSA) is 88.6 Å². The van der Waals surface area contributed by atoms with E-state index in [0.29, 0.717) is 42.9 Å². The summed E-state index contributed by atoms with van der Waals surface area (Å²) in [5.41, 5.74) is 0.223. The highest BCUT2D eigenvalue weighted by atomic mass is 32.2. The van der Waals surface area contributed by atoms with Crippen molar-refractivity contribution >= 4 is 21.6 Å². The molecule has 1 aromatic heterocycles. The predicted molar refractivity (Wildman–Crippen MR) is 104 cm³/mol. The fourth-order valence-corrected chi connectivity index (χ4v) is 5.36. The van der Waals surface area contributed by atoms with E-state index in [1.165, 1.54) is 4.31 Å². The molecule has 0 radical (unpaired) electrons. The monoisotopic (exact) mass is 401 g/mol. The van der Waals surface area contributed by atoms with Gasteiger partial charge in [0.1, 0.15) is 6.10 Å². The quantitative estimate of drug-likeness (QED) is 0.850. The van der Waals surface area contributed by atoms with E-state index in [9.17, 15) is 13.2 Å². The number of amides is 1. The molecule has 2 aromatic rings. The number of ether oxygens (including phenoxy) is 1. The second-order valence-electron chi connectivity index (χ2n) is 7.28. The van der Waals surface area contributed by atoms with Gasteiger partial charge in [0.15, 0.2) is 0 Å². The van der Waals surface area contributed by atoms with E-state index in [4.69, 9.17) is 4.74 Å². The summed E-state index contributed by atoms with van der Waals surface area (Å²) in [5.74, 6) is -0.177. The van der Waals surface area contributed by atoms with Gasteiger partial charge in [-0.1, -0.05) is 18.2 Å². The Morgan fingerprint density at radius 3 is 2.54 bits per heavy atom. The van der Waals surface area contributed by atoms with Gasteiger partial charge in [0.2, 0.25) is 10.0 Å². The van der Waals surface area contributed by atoms with Gasteiger partial charge in [-0.3, -0.25) is 9.78 Å². The first-order chi connectivity index (χ1) is 13.5. The average Bonchev–Trinajstić information content (AvgIpc) is 3.13. The normalized spacial score (nSPS) is 22.2. The Hall–Kier alpha value is -2.29. The second kappa shape index (κ2) is 7.62. The lowest BCUT2D eigenvalue weighted by Crippen LogP contribution is -2.47. The summed E-state index contributed by atoms with van der Waals surface area (Å²) in [5, 5.41) is 2.83. The maximum Gasteiger partial charge on any atom is 0.253 e. The fourth-order valence-electron chi connectivity index (χ4n) is 3.90. The van der Waals surface area contributed by atoms with Crippen LogP contribution in [0, 0.1) is 0 Å². The molecule has 2 saturated heterocycles. The van der Waals surface area contributed by atoms with Crippen LogP contribution in [-0.4, -0.2) is 48.4 Å². The van der Waals surface area contributed by atoms with Crippen LogP contribution in [0.5, 0.6) is 0 Å². The maximum absolute atomic E-state index is 12.8. The molecule has 1 aromatic carbocycles. The van der Waals surface area contributed by atoms with Crippen molar-refractivity contribution in [2.75, 3.05) is 18.4 Å². The lowest BCUT2D eigenvalue weighted by molar-refractivity contribution is -0.134. The number of sulfonamides is 1. The van der Waals surface area contributed by atoms with Crippen molar-refractivity contribution in [1.82, 2.24) is 9.29 Å². The molecule has 2 fully saturated rings. The molecule has 148 valence electrons. The van der Waals surface area contributed by atoms with Gasteiger partial charge in [-0.05, 0) is 49.9 Å². The van der Waals surface area contributed by atoms with Crippen LogP contribution in [0.2, 0.25) is 0 Å². The van der Waals surface area contributed by atoms with Gasteiger partial charge in [-0.15, -0.1) is 0 Å². The molecular weight excluding hydrogens is 378 g/mol. The average molecular weight is 401 g/mol. The number of aromatic nitrogens is 1. The molecule has 4 rings (SSSR count). The Labute approximate surface area is 164 Å². The summed E-state index contributed by atoms with van der Waals surface area (Å²) in [7, 11) is -3.49. The summed E-state index contributed by atoms with van der Waals surface area (Å²) >= 11 is 0. The van der Waals surface area contributed by atoms with Crippen LogP contribution < -0.4 is 5.32 Å². The van der Waals surface area contributed by atoms with Crippen molar-refractivity contribution in [1.29, 1.82) is 0 Å². The van der Waals surface area contributed by atoms with E-state index >= 15 is 0 Å². The largest absolute Gasteiger partial charge is 0.362 e. The van der Waals surface area contributed by atoms with Gasteiger partial charge in [0.25, 0.3) is 5.91 Å². The predicted octanol–water partition coefficient (Wildman–Crippen LogP) is 2.42. The zero-order valence-electron chi connectivity index (χ0n) is 15.5. The zero-order valence-corrected chi connectivity index (χ0v) is 16.3. The maximum atomic E-state index is 12.8. The van der Waals surface area contributed by atoms with Gasteiger partial charge in [-0.25, -0.2) is 8.42 Å². The van der Waals surface area contributed by atoms with E-state index in [2.05, 4.69) is 10.3 Å². The van der Waals surface area contributed by atoms with Crippen LogP contribution in [0.3, 0.4) is 0 Å². The molecule has 1 atom stereocenters. The number of benzene rings is 1. The zero-order chi connectivity index (χ0) is 19.6. The van der Waals surface area contributed by atoms with Crippen LogP contribution in [-0.2, 0) is 19.6 Å². The molecule has 0 bridgehead atoms. The van der Waals surface area contributed by atoms with Gasteiger partial charge in [-0.2, -0.15) is 4.31 Å². The Bertz CT molecular complexity index is 926. The molecule has 1 spiro atoms. The minimum Gasteiger partial charge on any atom is -0.362 e.